The van der Waals surface area contributed by atoms with Crippen molar-refractivity contribution in [2.75, 3.05) is 6.54 Å². The zero-order valence-corrected chi connectivity index (χ0v) is 11.9. The maximum Gasteiger partial charge on any atom is 0.411 e. The molecule has 0 aromatic carbocycles. The van der Waals surface area contributed by atoms with Crippen LogP contribution in [-0.4, -0.2) is 35.0 Å². The van der Waals surface area contributed by atoms with E-state index in [1.165, 1.54) is 4.90 Å². The first-order valence-electron chi connectivity index (χ1n) is 6.52. The van der Waals surface area contributed by atoms with Gasteiger partial charge in [-0.2, -0.15) is 0 Å². The monoisotopic (exact) mass is 253 g/mol. The molecule has 0 radical (unpaired) electrons. The minimum atomic E-state index is -0.535. The van der Waals surface area contributed by atoms with E-state index in [2.05, 4.69) is 0 Å². The van der Waals surface area contributed by atoms with Crippen LogP contribution in [-0.2, 0) is 9.53 Å². The van der Waals surface area contributed by atoms with Crippen LogP contribution in [0.2, 0.25) is 0 Å². The van der Waals surface area contributed by atoms with Gasteiger partial charge in [0.1, 0.15) is 5.60 Å². The van der Waals surface area contributed by atoms with Crippen LogP contribution < -0.4 is 0 Å². The second-order valence-corrected chi connectivity index (χ2v) is 5.55. The number of carbonyl (C=O) groups excluding carboxylic acids is 2. The van der Waals surface area contributed by atoms with Crippen LogP contribution >= 0.6 is 0 Å². The molecule has 0 saturated carbocycles. The normalized spacial score (nSPS) is 20.7. The number of nitrogens with zero attached hydrogens (tertiary/aromatic N) is 1. The van der Waals surface area contributed by atoms with Gasteiger partial charge in [-0.25, -0.2) is 4.79 Å². The number of carbonyl (C=O) groups is 2. The Morgan fingerprint density at radius 2 is 2.06 bits per heavy atom. The number of ether oxygens (including phenoxy) is 1. The van der Waals surface area contributed by atoms with Gasteiger partial charge in [-0.15, -0.1) is 0 Å². The molecule has 18 heavy (non-hydrogen) atoms. The number of ketones is 1. The van der Waals surface area contributed by atoms with E-state index >= 15 is 0 Å². The number of hydrogen-bond donors (Lipinski definition) is 0. The van der Waals surface area contributed by atoms with E-state index in [1.807, 2.05) is 40.7 Å². The minimum absolute atomic E-state index is 0.0214. The fourth-order valence-corrected chi connectivity index (χ4v) is 1.96. The van der Waals surface area contributed by atoms with E-state index in [-0.39, 0.29) is 18.4 Å². The summed E-state index contributed by atoms with van der Waals surface area (Å²) in [6.45, 7) is 9.56. The molecule has 0 saturated heterocycles. The Labute approximate surface area is 109 Å². The van der Waals surface area contributed by atoms with Gasteiger partial charge < -0.3 is 4.74 Å². The average Bonchev–Trinajstić information content (AvgIpc) is 2.26. The highest BCUT2D eigenvalue weighted by Crippen LogP contribution is 2.21. The topological polar surface area (TPSA) is 46.6 Å². The van der Waals surface area contributed by atoms with Crippen LogP contribution in [0.25, 0.3) is 0 Å². The third-order valence-corrected chi connectivity index (χ3v) is 2.89. The van der Waals surface area contributed by atoms with Crippen molar-refractivity contribution in [2.24, 2.45) is 0 Å². The molecule has 102 valence electrons. The fourth-order valence-electron chi connectivity index (χ4n) is 1.96. The third-order valence-electron chi connectivity index (χ3n) is 2.89. The quantitative estimate of drug-likeness (QED) is 0.760. The van der Waals surface area contributed by atoms with Gasteiger partial charge in [0.25, 0.3) is 0 Å². The number of hydrogen-bond acceptors (Lipinski definition) is 3. The first kappa shape index (κ1) is 14.7. The lowest BCUT2D eigenvalue weighted by molar-refractivity contribution is -0.118. The van der Waals surface area contributed by atoms with Crippen molar-refractivity contribution in [3.05, 3.63) is 11.6 Å². The first-order chi connectivity index (χ1) is 8.28. The summed E-state index contributed by atoms with van der Waals surface area (Å²) in [6, 6.07) is -0.0347. The largest absolute Gasteiger partial charge is 0.444 e. The highest BCUT2D eigenvalue weighted by Gasteiger charge is 2.32. The Kier molecular flexibility index (Phi) is 4.54. The van der Waals surface area contributed by atoms with Crippen LogP contribution in [0.1, 0.15) is 47.5 Å². The SMILES string of the molecule is CCC1=C[C@@H](CC)N(C(=O)OC(C)(C)C)CC1=O. The van der Waals surface area contributed by atoms with E-state index < -0.39 is 11.7 Å². The molecule has 0 aliphatic carbocycles. The molecule has 1 heterocycles. The molecule has 1 rings (SSSR count). The van der Waals surface area contributed by atoms with E-state index in [0.29, 0.717) is 0 Å². The Hall–Kier alpha value is -1.32. The third kappa shape index (κ3) is 3.59. The predicted molar refractivity (Wildman–Crippen MR) is 70.4 cm³/mol. The molecule has 0 fully saturated rings. The standard InChI is InChI=1S/C14H23NO3/c1-6-10-8-11(7-2)15(9-12(10)16)13(17)18-14(3,4)5/h8,11H,6-7,9H2,1-5H3/t11-/m1/s1. The van der Waals surface area contributed by atoms with E-state index in [1.54, 1.807) is 0 Å². The Morgan fingerprint density at radius 1 is 1.44 bits per heavy atom. The smallest absolute Gasteiger partial charge is 0.411 e. The number of Topliss-reactive ketones (excluding diaryl/α,β-unsaturated/α-hetero) is 1. The van der Waals surface area contributed by atoms with Crippen molar-refractivity contribution < 1.29 is 14.3 Å². The van der Waals surface area contributed by atoms with Crippen molar-refractivity contribution in [1.82, 2.24) is 4.90 Å². The van der Waals surface area contributed by atoms with Gasteiger partial charge in [-0.3, -0.25) is 9.69 Å². The summed E-state index contributed by atoms with van der Waals surface area (Å²) in [5.41, 5.74) is 0.286. The van der Waals surface area contributed by atoms with Gasteiger partial charge in [0.05, 0.1) is 12.6 Å². The Balaban J connectivity index is 2.86. The van der Waals surface area contributed by atoms with Crippen molar-refractivity contribution in [1.29, 1.82) is 0 Å². The van der Waals surface area contributed by atoms with Gasteiger partial charge in [0, 0.05) is 0 Å². The van der Waals surface area contributed by atoms with Gasteiger partial charge >= 0.3 is 6.09 Å². The van der Waals surface area contributed by atoms with Gasteiger partial charge in [-0.05, 0) is 39.2 Å². The number of amides is 1. The maximum atomic E-state index is 12.0. The zero-order chi connectivity index (χ0) is 13.9. The summed E-state index contributed by atoms with van der Waals surface area (Å²) in [7, 11) is 0. The van der Waals surface area contributed by atoms with Crippen molar-refractivity contribution in [3.8, 4) is 0 Å². The summed E-state index contributed by atoms with van der Waals surface area (Å²) in [5, 5.41) is 0. The molecule has 0 aromatic heterocycles. The van der Waals surface area contributed by atoms with Crippen molar-refractivity contribution >= 4 is 11.9 Å². The van der Waals surface area contributed by atoms with Crippen molar-refractivity contribution in [2.45, 2.75) is 59.1 Å². The van der Waals surface area contributed by atoms with Crippen LogP contribution in [0.15, 0.2) is 11.6 Å². The predicted octanol–water partition coefficient (Wildman–Crippen LogP) is 2.92. The lowest BCUT2D eigenvalue weighted by Gasteiger charge is -2.34. The molecule has 4 nitrogen and oxygen atoms in total. The Bertz CT molecular complexity index is 366. The molecule has 0 spiro atoms. The molecule has 0 N–H and O–H groups in total. The van der Waals surface area contributed by atoms with Gasteiger partial charge in [0.15, 0.2) is 5.78 Å². The number of rotatable bonds is 2. The molecule has 4 heteroatoms. The summed E-state index contributed by atoms with van der Waals surface area (Å²) >= 11 is 0. The van der Waals surface area contributed by atoms with Crippen LogP contribution in [0.4, 0.5) is 4.79 Å². The highest BCUT2D eigenvalue weighted by molar-refractivity contribution is 5.99. The molecule has 0 bridgehead atoms. The van der Waals surface area contributed by atoms with Crippen LogP contribution in [0, 0.1) is 0 Å². The summed E-state index contributed by atoms with van der Waals surface area (Å²) in [4.78, 5) is 25.4. The van der Waals surface area contributed by atoms with Gasteiger partial charge in [-0.1, -0.05) is 19.9 Å². The zero-order valence-electron chi connectivity index (χ0n) is 11.9. The fraction of sp³-hybridized carbons (Fsp3) is 0.714. The lowest BCUT2D eigenvalue weighted by Crippen LogP contribution is -2.48. The van der Waals surface area contributed by atoms with Gasteiger partial charge in [0.2, 0.25) is 0 Å². The Morgan fingerprint density at radius 3 is 2.50 bits per heavy atom. The summed E-state index contributed by atoms with van der Waals surface area (Å²) in [6.07, 6.45) is 3.00. The van der Waals surface area contributed by atoms with E-state index in [0.717, 1.165) is 18.4 Å². The average molecular weight is 253 g/mol. The molecule has 1 aliphatic rings. The molecular weight excluding hydrogens is 230 g/mol. The second-order valence-electron chi connectivity index (χ2n) is 5.55. The second kappa shape index (κ2) is 5.55. The molecule has 1 aliphatic heterocycles. The molecular formula is C14H23NO3. The molecule has 0 unspecified atom stereocenters. The van der Waals surface area contributed by atoms with E-state index in [4.69, 9.17) is 4.74 Å². The maximum absolute atomic E-state index is 12.0. The molecule has 1 atom stereocenters. The highest BCUT2D eigenvalue weighted by atomic mass is 16.6. The summed E-state index contributed by atoms with van der Waals surface area (Å²) in [5.74, 6) is 0.0214. The first-order valence-corrected chi connectivity index (χ1v) is 6.52. The van der Waals surface area contributed by atoms with Crippen molar-refractivity contribution in [3.63, 3.8) is 0 Å². The summed E-state index contributed by atoms with van der Waals surface area (Å²) < 4.78 is 5.33. The lowest BCUT2D eigenvalue weighted by atomic mass is 9.98. The van der Waals surface area contributed by atoms with Crippen LogP contribution in [0.3, 0.4) is 0 Å². The minimum Gasteiger partial charge on any atom is -0.444 e. The van der Waals surface area contributed by atoms with Crippen LogP contribution in [0.5, 0.6) is 0 Å². The molecule has 0 aromatic rings. The van der Waals surface area contributed by atoms with E-state index in [9.17, 15) is 9.59 Å². The molecule has 1 amide bonds.